The largest absolute Gasteiger partial charge is 0.482 e. The molecule has 0 aliphatic heterocycles. The molecule has 0 fully saturated rings. The summed E-state index contributed by atoms with van der Waals surface area (Å²) in [5.41, 5.74) is 1.48. The molecule has 1 atom stereocenters. The third kappa shape index (κ3) is 4.99. The molecule has 9 nitrogen and oxygen atoms in total. The minimum atomic E-state index is -0.777. The van der Waals surface area contributed by atoms with Crippen LogP contribution < -0.4 is 4.74 Å². The van der Waals surface area contributed by atoms with Crippen LogP contribution in [0, 0.1) is 10.1 Å². The van der Waals surface area contributed by atoms with Gasteiger partial charge in [-0.1, -0.05) is 32.0 Å². The lowest BCUT2D eigenvalue weighted by Gasteiger charge is -2.14. The average molecular weight is 411 g/mol. The van der Waals surface area contributed by atoms with Crippen molar-refractivity contribution in [1.82, 2.24) is 10.2 Å². The van der Waals surface area contributed by atoms with Crippen LogP contribution in [0.5, 0.6) is 5.75 Å². The van der Waals surface area contributed by atoms with Crippen LogP contribution in [0.4, 0.5) is 5.69 Å². The molecule has 0 bridgehead atoms. The predicted octanol–water partition coefficient (Wildman–Crippen LogP) is 4.45. The molecule has 0 saturated carbocycles. The zero-order valence-electron chi connectivity index (χ0n) is 16.8. The van der Waals surface area contributed by atoms with Crippen molar-refractivity contribution in [3.63, 3.8) is 0 Å². The van der Waals surface area contributed by atoms with Crippen LogP contribution >= 0.6 is 0 Å². The van der Waals surface area contributed by atoms with Gasteiger partial charge in [0, 0.05) is 17.7 Å². The standard InChI is InChI=1S/C21H21N3O6/c1-13(2)17-6-4-5-7-18(17)28-12-19(25)29-14(3)20-22-23-21(30-20)15-8-10-16(11-9-15)24(26)27/h4-11,13-14H,12H2,1-3H3/t14-/m1/s1. The quantitative estimate of drug-likeness (QED) is 0.303. The number of esters is 1. The fourth-order valence-corrected chi connectivity index (χ4v) is 2.75. The molecule has 9 heteroatoms. The summed E-state index contributed by atoms with van der Waals surface area (Å²) in [5, 5.41) is 18.5. The van der Waals surface area contributed by atoms with Crippen molar-refractivity contribution in [3.05, 3.63) is 70.1 Å². The van der Waals surface area contributed by atoms with E-state index in [4.69, 9.17) is 13.9 Å². The molecular weight excluding hydrogens is 390 g/mol. The summed E-state index contributed by atoms with van der Waals surface area (Å²) in [6, 6.07) is 13.2. The van der Waals surface area contributed by atoms with Crippen LogP contribution in [-0.2, 0) is 9.53 Å². The summed E-state index contributed by atoms with van der Waals surface area (Å²) in [7, 11) is 0. The lowest BCUT2D eigenvalue weighted by molar-refractivity contribution is -0.384. The van der Waals surface area contributed by atoms with Gasteiger partial charge in [0.25, 0.3) is 11.6 Å². The smallest absolute Gasteiger partial charge is 0.344 e. The minimum absolute atomic E-state index is 0.0418. The molecule has 1 aromatic heterocycles. The number of aromatic nitrogens is 2. The van der Waals surface area contributed by atoms with Crippen LogP contribution in [-0.4, -0.2) is 27.7 Å². The Morgan fingerprint density at radius 1 is 1.10 bits per heavy atom. The maximum Gasteiger partial charge on any atom is 0.344 e. The summed E-state index contributed by atoms with van der Waals surface area (Å²) >= 11 is 0. The molecule has 1 heterocycles. The molecule has 0 radical (unpaired) electrons. The first-order valence-corrected chi connectivity index (χ1v) is 9.34. The summed E-state index contributed by atoms with van der Waals surface area (Å²) < 4.78 is 16.5. The predicted molar refractivity (Wildman–Crippen MR) is 107 cm³/mol. The van der Waals surface area contributed by atoms with Gasteiger partial charge in [0.2, 0.25) is 5.89 Å². The maximum atomic E-state index is 12.2. The van der Waals surface area contributed by atoms with Crippen molar-refractivity contribution >= 4 is 11.7 Å². The van der Waals surface area contributed by atoms with E-state index >= 15 is 0 Å². The maximum absolute atomic E-state index is 12.2. The van der Waals surface area contributed by atoms with Crippen molar-refractivity contribution < 1.29 is 23.6 Å². The van der Waals surface area contributed by atoms with Gasteiger partial charge in [-0.3, -0.25) is 10.1 Å². The number of nitrogens with zero attached hydrogens (tertiary/aromatic N) is 3. The number of carbonyl (C=O) groups excluding carboxylic acids is 1. The van der Waals surface area contributed by atoms with Gasteiger partial charge in [-0.15, -0.1) is 10.2 Å². The number of rotatable bonds is 8. The first-order valence-electron chi connectivity index (χ1n) is 9.34. The summed E-state index contributed by atoms with van der Waals surface area (Å²) in [6.45, 7) is 5.44. The molecule has 0 saturated heterocycles. The number of hydrogen-bond donors (Lipinski definition) is 0. The van der Waals surface area contributed by atoms with Gasteiger partial charge in [0.15, 0.2) is 12.7 Å². The monoisotopic (exact) mass is 411 g/mol. The average Bonchev–Trinajstić information content (AvgIpc) is 3.23. The molecule has 156 valence electrons. The zero-order chi connectivity index (χ0) is 21.7. The van der Waals surface area contributed by atoms with Gasteiger partial charge in [0.1, 0.15) is 5.75 Å². The van der Waals surface area contributed by atoms with Crippen molar-refractivity contribution in [1.29, 1.82) is 0 Å². The van der Waals surface area contributed by atoms with E-state index in [0.29, 0.717) is 11.3 Å². The van der Waals surface area contributed by atoms with E-state index in [1.54, 1.807) is 13.0 Å². The Morgan fingerprint density at radius 2 is 1.80 bits per heavy atom. The van der Waals surface area contributed by atoms with Crippen LogP contribution in [0.2, 0.25) is 0 Å². The lowest BCUT2D eigenvalue weighted by Crippen LogP contribution is -2.17. The van der Waals surface area contributed by atoms with Crippen molar-refractivity contribution in [3.8, 4) is 17.2 Å². The highest BCUT2D eigenvalue weighted by Gasteiger charge is 2.20. The van der Waals surface area contributed by atoms with E-state index in [0.717, 1.165) is 5.56 Å². The summed E-state index contributed by atoms with van der Waals surface area (Å²) in [5.74, 6) is 0.600. The molecular formula is C21H21N3O6. The Labute approximate surface area is 172 Å². The second-order valence-corrected chi connectivity index (χ2v) is 6.86. The fourth-order valence-electron chi connectivity index (χ4n) is 2.75. The molecule has 0 aliphatic carbocycles. The van der Waals surface area contributed by atoms with E-state index < -0.39 is 17.0 Å². The van der Waals surface area contributed by atoms with Crippen LogP contribution in [0.25, 0.3) is 11.5 Å². The van der Waals surface area contributed by atoms with Crippen LogP contribution in [0.1, 0.15) is 44.2 Å². The molecule has 0 N–H and O–H groups in total. The fraction of sp³-hybridized carbons (Fsp3) is 0.286. The summed E-state index contributed by atoms with van der Waals surface area (Å²) in [6.07, 6.45) is -0.777. The van der Waals surface area contributed by atoms with E-state index in [1.807, 2.05) is 32.0 Å². The van der Waals surface area contributed by atoms with E-state index in [1.165, 1.54) is 24.3 Å². The summed E-state index contributed by atoms with van der Waals surface area (Å²) in [4.78, 5) is 22.4. The third-order valence-electron chi connectivity index (χ3n) is 4.31. The highest BCUT2D eigenvalue weighted by molar-refractivity contribution is 5.71. The van der Waals surface area contributed by atoms with Gasteiger partial charge in [0.05, 0.1) is 4.92 Å². The zero-order valence-corrected chi connectivity index (χ0v) is 16.8. The number of nitro benzene ring substituents is 1. The van der Waals surface area contributed by atoms with Gasteiger partial charge in [-0.2, -0.15) is 0 Å². The highest BCUT2D eigenvalue weighted by atomic mass is 16.6. The van der Waals surface area contributed by atoms with Crippen LogP contribution in [0.15, 0.2) is 52.9 Å². The number of non-ortho nitro benzene ring substituents is 1. The Kier molecular flexibility index (Phi) is 6.41. The Hall–Kier alpha value is -3.75. The minimum Gasteiger partial charge on any atom is -0.482 e. The number of para-hydroxylation sites is 1. The van der Waals surface area contributed by atoms with Gasteiger partial charge in [-0.05, 0) is 36.6 Å². The Balaban J connectivity index is 1.59. The number of carbonyl (C=O) groups is 1. The van der Waals surface area contributed by atoms with Crippen molar-refractivity contribution in [2.24, 2.45) is 0 Å². The number of ether oxygens (including phenoxy) is 2. The number of hydrogen-bond acceptors (Lipinski definition) is 8. The SMILES string of the molecule is CC(C)c1ccccc1OCC(=O)O[C@H](C)c1nnc(-c2ccc([N+](=O)[O-])cc2)o1. The number of benzene rings is 2. The molecule has 0 amide bonds. The molecule has 3 aromatic rings. The van der Waals surface area contributed by atoms with Crippen molar-refractivity contribution in [2.45, 2.75) is 32.8 Å². The molecule has 2 aromatic carbocycles. The number of nitro groups is 1. The molecule has 0 aliphatic rings. The third-order valence-corrected chi connectivity index (χ3v) is 4.31. The van der Waals surface area contributed by atoms with E-state index in [2.05, 4.69) is 10.2 Å². The van der Waals surface area contributed by atoms with Crippen molar-refractivity contribution in [2.75, 3.05) is 6.61 Å². The first-order chi connectivity index (χ1) is 14.3. The van der Waals surface area contributed by atoms with Gasteiger partial charge < -0.3 is 13.9 Å². The molecule has 3 rings (SSSR count). The highest BCUT2D eigenvalue weighted by Crippen LogP contribution is 2.27. The van der Waals surface area contributed by atoms with E-state index in [-0.39, 0.29) is 30.0 Å². The molecule has 0 spiro atoms. The van der Waals surface area contributed by atoms with Gasteiger partial charge in [-0.25, -0.2) is 4.79 Å². The second-order valence-electron chi connectivity index (χ2n) is 6.86. The lowest BCUT2D eigenvalue weighted by atomic mass is 10.0. The first kappa shape index (κ1) is 21.0. The Morgan fingerprint density at radius 3 is 2.47 bits per heavy atom. The topological polar surface area (TPSA) is 118 Å². The van der Waals surface area contributed by atoms with Gasteiger partial charge >= 0.3 is 5.97 Å². The molecule has 30 heavy (non-hydrogen) atoms. The second kappa shape index (κ2) is 9.17. The van der Waals surface area contributed by atoms with Crippen LogP contribution in [0.3, 0.4) is 0 Å². The van der Waals surface area contributed by atoms with E-state index in [9.17, 15) is 14.9 Å². The normalized spacial score (nSPS) is 11.9. The molecule has 0 unspecified atom stereocenters. The Bertz CT molecular complexity index is 1030.